The van der Waals surface area contributed by atoms with Crippen LogP contribution in [0.1, 0.15) is 36.6 Å². The van der Waals surface area contributed by atoms with Gasteiger partial charge < -0.3 is 10.4 Å². The fourth-order valence-electron chi connectivity index (χ4n) is 1.23. The maximum Gasteiger partial charge on any atom is 0.318 e. The maximum atomic E-state index is 11.8. The number of nitrogens with one attached hydrogen (secondary N) is 1. The number of carboxylic acids is 1. The Kier molecular flexibility index (Phi) is 3.93. The van der Waals surface area contributed by atoms with Crippen molar-refractivity contribution in [2.24, 2.45) is 5.41 Å². The lowest BCUT2D eigenvalue weighted by Gasteiger charge is -2.21. The quantitative estimate of drug-likeness (QED) is 0.811. The van der Waals surface area contributed by atoms with E-state index in [9.17, 15) is 9.59 Å². The third-order valence-corrected chi connectivity index (χ3v) is 3.82. The van der Waals surface area contributed by atoms with E-state index in [1.807, 2.05) is 26.0 Å². The minimum absolute atomic E-state index is 0.167. The third kappa shape index (κ3) is 3.06. The average Bonchev–Trinajstić information content (AvgIpc) is 2.64. The lowest BCUT2D eigenvalue weighted by Crippen LogP contribution is -2.43. The summed E-state index contributed by atoms with van der Waals surface area (Å²) in [4.78, 5) is 24.9. The topological polar surface area (TPSA) is 66.4 Å². The molecule has 1 rings (SSSR count). The van der Waals surface area contributed by atoms with Gasteiger partial charge in [0.25, 0.3) is 0 Å². The molecule has 1 unspecified atom stereocenters. The Hall–Kier alpha value is -1.36. The van der Waals surface area contributed by atoms with Gasteiger partial charge in [0.05, 0.1) is 6.04 Å². The number of amides is 1. The van der Waals surface area contributed by atoms with E-state index in [0.29, 0.717) is 0 Å². The first-order valence-corrected chi connectivity index (χ1v) is 6.17. The molecule has 0 bridgehead atoms. The van der Waals surface area contributed by atoms with Crippen molar-refractivity contribution >= 4 is 23.2 Å². The molecule has 1 heterocycles. The summed E-state index contributed by atoms with van der Waals surface area (Å²) in [6.45, 7) is 6.64. The van der Waals surface area contributed by atoms with Gasteiger partial charge in [-0.1, -0.05) is 0 Å². The van der Waals surface area contributed by atoms with Crippen LogP contribution < -0.4 is 5.32 Å². The first kappa shape index (κ1) is 13.7. The molecule has 0 aliphatic rings. The van der Waals surface area contributed by atoms with Gasteiger partial charge in [0, 0.05) is 9.75 Å². The lowest BCUT2D eigenvalue weighted by atomic mass is 9.92. The molecule has 94 valence electrons. The zero-order chi connectivity index (χ0) is 13.2. The van der Waals surface area contributed by atoms with E-state index < -0.39 is 17.3 Å². The SMILES string of the molecule is Cc1ccc(C(C)NC(=O)C(C)(C)C(=O)O)s1. The molecule has 17 heavy (non-hydrogen) atoms. The Labute approximate surface area is 105 Å². The first-order valence-electron chi connectivity index (χ1n) is 5.36. The fourth-order valence-corrected chi connectivity index (χ4v) is 2.11. The summed E-state index contributed by atoms with van der Waals surface area (Å²) < 4.78 is 0. The van der Waals surface area contributed by atoms with Crippen LogP contribution >= 0.6 is 11.3 Å². The molecular weight excluding hydrogens is 238 g/mol. The zero-order valence-corrected chi connectivity index (χ0v) is 11.2. The van der Waals surface area contributed by atoms with Crippen LogP contribution in [0.15, 0.2) is 12.1 Å². The number of hydrogen-bond donors (Lipinski definition) is 2. The Balaban J connectivity index is 2.73. The van der Waals surface area contributed by atoms with Crippen molar-refractivity contribution in [3.63, 3.8) is 0 Å². The number of hydrogen-bond acceptors (Lipinski definition) is 3. The Bertz CT molecular complexity index is 437. The number of aryl methyl sites for hydroxylation is 1. The summed E-state index contributed by atoms with van der Waals surface area (Å²) in [6, 6.07) is 3.75. The summed E-state index contributed by atoms with van der Waals surface area (Å²) >= 11 is 1.59. The summed E-state index contributed by atoms with van der Waals surface area (Å²) in [6.07, 6.45) is 0. The average molecular weight is 255 g/mol. The molecule has 0 aliphatic heterocycles. The van der Waals surface area contributed by atoms with Crippen molar-refractivity contribution in [1.29, 1.82) is 0 Å². The van der Waals surface area contributed by atoms with Crippen LogP contribution in [-0.2, 0) is 9.59 Å². The number of aliphatic carboxylic acids is 1. The van der Waals surface area contributed by atoms with Crippen molar-refractivity contribution in [3.8, 4) is 0 Å². The van der Waals surface area contributed by atoms with E-state index in [1.54, 1.807) is 11.3 Å². The van der Waals surface area contributed by atoms with E-state index in [2.05, 4.69) is 5.32 Å². The molecule has 2 N–H and O–H groups in total. The Morgan fingerprint density at radius 3 is 2.41 bits per heavy atom. The molecule has 0 aliphatic carbocycles. The minimum Gasteiger partial charge on any atom is -0.480 e. The van der Waals surface area contributed by atoms with Crippen molar-refractivity contribution in [3.05, 3.63) is 21.9 Å². The van der Waals surface area contributed by atoms with Gasteiger partial charge in [0.15, 0.2) is 0 Å². The van der Waals surface area contributed by atoms with Crippen LogP contribution in [0.4, 0.5) is 0 Å². The molecule has 0 saturated carbocycles. The monoisotopic (exact) mass is 255 g/mol. The molecule has 0 spiro atoms. The van der Waals surface area contributed by atoms with E-state index in [-0.39, 0.29) is 6.04 Å². The molecular formula is C12H17NO3S. The van der Waals surface area contributed by atoms with Crippen LogP contribution in [0.2, 0.25) is 0 Å². The smallest absolute Gasteiger partial charge is 0.318 e. The van der Waals surface area contributed by atoms with Gasteiger partial charge in [-0.25, -0.2) is 0 Å². The molecule has 0 fully saturated rings. The van der Waals surface area contributed by atoms with Gasteiger partial charge in [0.1, 0.15) is 5.41 Å². The van der Waals surface area contributed by atoms with Crippen LogP contribution in [0.5, 0.6) is 0 Å². The van der Waals surface area contributed by atoms with Crippen molar-refractivity contribution in [1.82, 2.24) is 5.32 Å². The molecule has 1 aromatic rings. The van der Waals surface area contributed by atoms with Gasteiger partial charge in [0.2, 0.25) is 5.91 Å². The van der Waals surface area contributed by atoms with Crippen LogP contribution in [-0.4, -0.2) is 17.0 Å². The van der Waals surface area contributed by atoms with E-state index in [4.69, 9.17) is 5.11 Å². The molecule has 1 atom stereocenters. The standard InChI is InChI=1S/C12H17NO3S/c1-7-5-6-9(17-7)8(2)13-10(14)12(3,4)11(15)16/h5-6,8H,1-4H3,(H,13,14)(H,15,16). The maximum absolute atomic E-state index is 11.8. The van der Waals surface area contributed by atoms with Gasteiger partial charge in [-0.15, -0.1) is 11.3 Å². The number of carbonyl (C=O) groups excluding carboxylic acids is 1. The van der Waals surface area contributed by atoms with Gasteiger partial charge >= 0.3 is 5.97 Å². The van der Waals surface area contributed by atoms with E-state index in [1.165, 1.54) is 18.7 Å². The second-order valence-electron chi connectivity index (χ2n) is 4.57. The Morgan fingerprint density at radius 2 is 2.00 bits per heavy atom. The number of carboxylic acid groups (broad SMARTS) is 1. The molecule has 0 radical (unpaired) electrons. The molecule has 5 heteroatoms. The van der Waals surface area contributed by atoms with Gasteiger partial charge in [-0.05, 0) is 39.8 Å². The second kappa shape index (κ2) is 4.87. The highest BCUT2D eigenvalue weighted by molar-refractivity contribution is 7.12. The third-order valence-electron chi connectivity index (χ3n) is 2.64. The highest BCUT2D eigenvalue weighted by Crippen LogP contribution is 2.24. The summed E-state index contributed by atoms with van der Waals surface area (Å²) in [5, 5.41) is 11.7. The lowest BCUT2D eigenvalue weighted by molar-refractivity contribution is -0.153. The predicted molar refractivity (Wildman–Crippen MR) is 67.0 cm³/mol. The van der Waals surface area contributed by atoms with Gasteiger partial charge in [-0.2, -0.15) is 0 Å². The van der Waals surface area contributed by atoms with E-state index in [0.717, 1.165) is 4.88 Å². The molecule has 4 nitrogen and oxygen atoms in total. The summed E-state index contributed by atoms with van der Waals surface area (Å²) in [5.74, 6) is -1.59. The zero-order valence-electron chi connectivity index (χ0n) is 10.4. The van der Waals surface area contributed by atoms with Crippen LogP contribution in [0.25, 0.3) is 0 Å². The summed E-state index contributed by atoms with van der Waals surface area (Å²) in [7, 11) is 0. The Morgan fingerprint density at radius 1 is 1.41 bits per heavy atom. The van der Waals surface area contributed by atoms with Crippen molar-refractivity contribution in [2.75, 3.05) is 0 Å². The van der Waals surface area contributed by atoms with Crippen LogP contribution in [0, 0.1) is 12.3 Å². The fraction of sp³-hybridized carbons (Fsp3) is 0.500. The number of thiophene rings is 1. The predicted octanol–water partition coefficient (Wildman–Crippen LogP) is 2.34. The molecule has 0 aromatic carbocycles. The minimum atomic E-state index is -1.40. The van der Waals surface area contributed by atoms with Crippen molar-refractivity contribution in [2.45, 2.75) is 33.7 Å². The largest absolute Gasteiger partial charge is 0.480 e. The first-order chi connectivity index (χ1) is 7.75. The molecule has 1 amide bonds. The second-order valence-corrected chi connectivity index (χ2v) is 5.89. The van der Waals surface area contributed by atoms with Crippen LogP contribution in [0.3, 0.4) is 0 Å². The highest BCUT2D eigenvalue weighted by Gasteiger charge is 2.36. The number of rotatable bonds is 4. The van der Waals surface area contributed by atoms with Crippen molar-refractivity contribution < 1.29 is 14.7 Å². The van der Waals surface area contributed by atoms with E-state index >= 15 is 0 Å². The molecule has 1 aromatic heterocycles. The number of carbonyl (C=O) groups is 2. The highest BCUT2D eigenvalue weighted by atomic mass is 32.1. The molecule has 0 saturated heterocycles. The normalized spacial score (nSPS) is 13.2. The van der Waals surface area contributed by atoms with Gasteiger partial charge in [-0.3, -0.25) is 9.59 Å². The summed E-state index contributed by atoms with van der Waals surface area (Å²) in [5.41, 5.74) is -1.40.